The summed E-state index contributed by atoms with van der Waals surface area (Å²) in [4.78, 5) is 23.9. The van der Waals surface area contributed by atoms with Crippen molar-refractivity contribution in [1.29, 1.82) is 0 Å². The summed E-state index contributed by atoms with van der Waals surface area (Å²) in [7, 11) is 2.97. The Hall–Kier alpha value is -2.50. The molecule has 106 valence electrons. The Morgan fingerprint density at radius 3 is 2.20 bits per heavy atom. The fourth-order valence-electron chi connectivity index (χ4n) is 2.15. The van der Waals surface area contributed by atoms with Crippen molar-refractivity contribution in [2.24, 2.45) is 5.73 Å². The molecular weight excluding hydrogens is 260 g/mol. The third-order valence-corrected chi connectivity index (χ3v) is 3.20. The van der Waals surface area contributed by atoms with Crippen molar-refractivity contribution in [3.8, 4) is 11.5 Å². The van der Waals surface area contributed by atoms with Gasteiger partial charge in [0.25, 0.3) is 11.5 Å². The van der Waals surface area contributed by atoms with Crippen molar-refractivity contribution < 1.29 is 14.3 Å². The van der Waals surface area contributed by atoms with Gasteiger partial charge in [0, 0.05) is 18.1 Å². The molecule has 1 heterocycles. The lowest BCUT2D eigenvalue weighted by molar-refractivity contribution is 0.100. The number of aromatic nitrogens is 1. The number of methoxy groups -OCH3 is 2. The first-order valence-electron chi connectivity index (χ1n) is 6.12. The Labute approximate surface area is 115 Å². The number of amides is 1. The number of hydrogen-bond acceptors (Lipinski definition) is 4. The van der Waals surface area contributed by atoms with Crippen LogP contribution < -0.4 is 20.8 Å². The molecule has 2 N–H and O–H groups in total. The van der Waals surface area contributed by atoms with Crippen LogP contribution in [0.2, 0.25) is 0 Å². The highest BCUT2D eigenvalue weighted by molar-refractivity contribution is 6.06. The van der Waals surface area contributed by atoms with Gasteiger partial charge < -0.3 is 19.8 Å². The molecule has 0 bridgehead atoms. The van der Waals surface area contributed by atoms with Crippen LogP contribution in [0.25, 0.3) is 10.8 Å². The molecule has 0 radical (unpaired) electrons. The van der Waals surface area contributed by atoms with Crippen LogP contribution in [-0.4, -0.2) is 24.7 Å². The molecule has 0 aliphatic carbocycles. The van der Waals surface area contributed by atoms with E-state index < -0.39 is 5.91 Å². The number of benzene rings is 1. The molecule has 6 heteroatoms. The number of pyridine rings is 1. The second-order valence-corrected chi connectivity index (χ2v) is 4.25. The van der Waals surface area contributed by atoms with Crippen LogP contribution in [0.4, 0.5) is 0 Å². The number of nitrogens with two attached hydrogens (primary N) is 1. The standard InChI is InChI=1S/C14H16N2O4/c1-4-16-7-10(13(15)17)8-5-11(19-2)12(20-3)6-9(8)14(16)18/h5-7H,4H2,1-3H3,(H2,15,17). The normalized spacial score (nSPS) is 10.6. The fraction of sp³-hybridized carbons (Fsp3) is 0.286. The number of ether oxygens (including phenoxy) is 2. The molecule has 0 spiro atoms. The minimum Gasteiger partial charge on any atom is -0.493 e. The summed E-state index contributed by atoms with van der Waals surface area (Å²) in [6.07, 6.45) is 1.47. The Balaban J connectivity index is 2.96. The van der Waals surface area contributed by atoms with Crippen molar-refractivity contribution in [2.45, 2.75) is 13.5 Å². The zero-order valence-corrected chi connectivity index (χ0v) is 11.6. The van der Waals surface area contributed by atoms with Crippen LogP contribution in [0.5, 0.6) is 11.5 Å². The fourth-order valence-corrected chi connectivity index (χ4v) is 2.15. The second kappa shape index (κ2) is 5.24. The van der Waals surface area contributed by atoms with E-state index in [1.807, 2.05) is 6.92 Å². The van der Waals surface area contributed by atoms with E-state index in [0.717, 1.165) is 0 Å². The summed E-state index contributed by atoms with van der Waals surface area (Å²) in [6, 6.07) is 3.16. The van der Waals surface area contributed by atoms with E-state index in [2.05, 4.69) is 0 Å². The van der Waals surface area contributed by atoms with Gasteiger partial charge in [-0.2, -0.15) is 0 Å². The summed E-state index contributed by atoms with van der Waals surface area (Å²) in [5.41, 5.74) is 5.47. The number of fused-ring (bicyclic) bond motifs is 1. The van der Waals surface area contributed by atoms with Crippen LogP contribution in [0.15, 0.2) is 23.1 Å². The van der Waals surface area contributed by atoms with E-state index in [1.165, 1.54) is 25.0 Å². The van der Waals surface area contributed by atoms with E-state index in [-0.39, 0.29) is 11.1 Å². The molecule has 0 saturated heterocycles. The maximum atomic E-state index is 12.3. The molecule has 0 unspecified atom stereocenters. The van der Waals surface area contributed by atoms with E-state index in [0.29, 0.717) is 28.8 Å². The van der Waals surface area contributed by atoms with Gasteiger partial charge >= 0.3 is 0 Å². The summed E-state index contributed by atoms with van der Waals surface area (Å²) in [5.74, 6) is 0.280. The second-order valence-electron chi connectivity index (χ2n) is 4.25. The Morgan fingerprint density at radius 1 is 1.20 bits per heavy atom. The van der Waals surface area contributed by atoms with Gasteiger partial charge in [0.15, 0.2) is 11.5 Å². The number of carbonyl (C=O) groups excluding carboxylic acids is 1. The quantitative estimate of drug-likeness (QED) is 0.907. The highest BCUT2D eigenvalue weighted by Gasteiger charge is 2.16. The van der Waals surface area contributed by atoms with Gasteiger partial charge in [0.2, 0.25) is 0 Å². The molecule has 0 aliphatic heterocycles. The van der Waals surface area contributed by atoms with Crippen LogP contribution >= 0.6 is 0 Å². The highest BCUT2D eigenvalue weighted by atomic mass is 16.5. The lowest BCUT2D eigenvalue weighted by Crippen LogP contribution is -2.23. The van der Waals surface area contributed by atoms with Crippen LogP contribution in [0.3, 0.4) is 0 Å². The van der Waals surface area contributed by atoms with Gasteiger partial charge in [0.05, 0.1) is 25.2 Å². The molecular formula is C14H16N2O4. The Bertz CT molecular complexity index is 734. The topological polar surface area (TPSA) is 83.6 Å². The molecule has 0 saturated carbocycles. The van der Waals surface area contributed by atoms with Gasteiger partial charge in [-0.1, -0.05) is 0 Å². The Morgan fingerprint density at radius 2 is 1.75 bits per heavy atom. The maximum absolute atomic E-state index is 12.3. The lowest BCUT2D eigenvalue weighted by Gasteiger charge is -2.12. The molecule has 20 heavy (non-hydrogen) atoms. The Kier molecular flexibility index (Phi) is 3.65. The average molecular weight is 276 g/mol. The summed E-state index contributed by atoms with van der Waals surface area (Å²) in [6.45, 7) is 2.27. The van der Waals surface area contributed by atoms with Crippen LogP contribution in [0.1, 0.15) is 17.3 Å². The third-order valence-electron chi connectivity index (χ3n) is 3.20. The number of hydrogen-bond donors (Lipinski definition) is 1. The predicted octanol–water partition coefficient (Wildman–Crippen LogP) is 1.14. The molecule has 2 rings (SSSR count). The minimum absolute atomic E-state index is 0.201. The van der Waals surface area contributed by atoms with Gasteiger partial charge in [0.1, 0.15) is 0 Å². The molecule has 2 aromatic rings. The van der Waals surface area contributed by atoms with Gasteiger partial charge in [-0.15, -0.1) is 0 Å². The summed E-state index contributed by atoms with van der Waals surface area (Å²) in [5, 5.41) is 0.839. The van der Waals surface area contributed by atoms with E-state index in [4.69, 9.17) is 15.2 Å². The van der Waals surface area contributed by atoms with Crippen LogP contribution in [-0.2, 0) is 6.54 Å². The lowest BCUT2D eigenvalue weighted by atomic mass is 10.1. The first-order chi connectivity index (χ1) is 9.53. The summed E-state index contributed by atoms with van der Waals surface area (Å²) >= 11 is 0. The van der Waals surface area contributed by atoms with Crippen molar-refractivity contribution in [1.82, 2.24) is 4.57 Å². The number of primary amides is 1. The highest BCUT2D eigenvalue weighted by Crippen LogP contribution is 2.32. The molecule has 6 nitrogen and oxygen atoms in total. The molecule has 1 aromatic heterocycles. The smallest absolute Gasteiger partial charge is 0.258 e. The van der Waals surface area contributed by atoms with Gasteiger partial charge in [-0.05, 0) is 19.1 Å². The van der Waals surface area contributed by atoms with Crippen molar-refractivity contribution in [2.75, 3.05) is 14.2 Å². The molecule has 1 amide bonds. The number of rotatable bonds is 4. The first-order valence-corrected chi connectivity index (χ1v) is 6.12. The summed E-state index contributed by atoms with van der Waals surface area (Å²) < 4.78 is 11.8. The minimum atomic E-state index is -0.593. The molecule has 0 fully saturated rings. The molecule has 0 atom stereocenters. The molecule has 1 aromatic carbocycles. The number of nitrogens with zero attached hydrogens (tertiary/aromatic N) is 1. The number of aryl methyl sites for hydroxylation is 1. The SMILES string of the molecule is CCn1cc(C(N)=O)c2cc(OC)c(OC)cc2c1=O. The van der Waals surface area contributed by atoms with Crippen molar-refractivity contribution in [3.63, 3.8) is 0 Å². The third kappa shape index (κ3) is 2.09. The first kappa shape index (κ1) is 13.9. The zero-order valence-electron chi connectivity index (χ0n) is 11.6. The van der Waals surface area contributed by atoms with E-state index in [1.54, 1.807) is 12.1 Å². The van der Waals surface area contributed by atoms with Crippen molar-refractivity contribution >= 4 is 16.7 Å². The zero-order chi connectivity index (χ0) is 14.9. The largest absolute Gasteiger partial charge is 0.493 e. The molecule has 0 aliphatic rings. The predicted molar refractivity (Wildman–Crippen MR) is 75.5 cm³/mol. The van der Waals surface area contributed by atoms with E-state index in [9.17, 15) is 9.59 Å². The van der Waals surface area contributed by atoms with Gasteiger partial charge in [-0.3, -0.25) is 9.59 Å². The maximum Gasteiger partial charge on any atom is 0.258 e. The number of carbonyl (C=O) groups is 1. The van der Waals surface area contributed by atoms with Gasteiger partial charge in [-0.25, -0.2) is 0 Å². The van der Waals surface area contributed by atoms with E-state index >= 15 is 0 Å². The van der Waals surface area contributed by atoms with Crippen LogP contribution in [0, 0.1) is 0 Å². The van der Waals surface area contributed by atoms with Crippen molar-refractivity contribution in [3.05, 3.63) is 34.2 Å². The monoisotopic (exact) mass is 276 g/mol. The average Bonchev–Trinajstić information content (AvgIpc) is 2.46.